The van der Waals surface area contributed by atoms with Gasteiger partial charge >= 0.3 is 0 Å². The van der Waals surface area contributed by atoms with E-state index in [0.29, 0.717) is 6.04 Å². The molecule has 0 heterocycles. The Labute approximate surface area is 130 Å². The molecule has 0 fully saturated rings. The topological polar surface area (TPSA) is 12.0 Å². The average molecular weight is 332 g/mol. The van der Waals surface area contributed by atoms with Gasteiger partial charge in [-0.25, -0.2) is 0 Å². The Morgan fingerprint density at radius 3 is 2.55 bits per heavy atom. The molecule has 20 heavy (non-hydrogen) atoms. The summed E-state index contributed by atoms with van der Waals surface area (Å²) in [5, 5.41) is 3.44. The molecule has 2 heteroatoms. The summed E-state index contributed by atoms with van der Waals surface area (Å²) in [7, 11) is 2.04. The highest BCUT2D eigenvalue weighted by atomic mass is 79.9. The minimum absolute atomic E-state index is 0.410. The van der Waals surface area contributed by atoms with Gasteiger partial charge in [0.2, 0.25) is 0 Å². The molecule has 2 rings (SSSR count). The second kappa shape index (κ2) is 7.61. The van der Waals surface area contributed by atoms with Gasteiger partial charge in [0, 0.05) is 10.5 Å². The number of benzene rings is 2. The molecular weight excluding hydrogens is 310 g/mol. The van der Waals surface area contributed by atoms with Crippen LogP contribution in [0.2, 0.25) is 0 Å². The van der Waals surface area contributed by atoms with Crippen LogP contribution in [0.15, 0.2) is 53.0 Å². The molecule has 0 saturated carbocycles. The van der Waals surface area contributed by atoms with Gasteiger partial charge in [0.25, 0.3) is 0 Å². The minimum Gasteiger partial charge on any atom is -0.313 e. The summed E-state index contributed by atoms with van der Waals surface area (Å²) < 4.78 is 1.20. The molecule has 0 spiro atoms. The first-order chi connectivity index (χ1) is 9.70. The third-order valence-electron chi connectivity index (χ3n) is 3.68. The van der Waals surface area contributed by atoms with E-state index in [1.165, 1.54) is 27.6 Å². The molecule has 2 aromatic carbocycles. The Kier molecular flexibility index (Phi) is 5.81. The molecule has 0 aromatic heterocycles. The summed E-state index contributed by atoms with van der Waals surface area (Å²) in [5.74, 6) is 0. The lowest BCUT2D eigenvalue weighted by atomic mass is 9.98. The van der Waals surface area contributed by atoms with Crippen molar-refractivity contribution in [2.75, 3.05) is 7.05 Å². The van der Waals surface area contributed by atoms with Gasteiger partial charge in [0.05, 0.1) is 0 Å². The lowest BCUT2D eigenvalue weighted by molar-refractivity contribution is 0.525. The number of nitrogens with one attached hydrogen (secondary N) is 1. The minimum atomic E-state index is 0.410. The van der Waals surface area contributed by atoms with E-state index < -0.39 is 0 Å². The second-order valence-electron chi connectivity index (χ2n) is 5.24. The SMILES string of the molecule is CNC(CCCc1ccccc1)c1cc(C)ccc1Br. The Morgan fingerprint density at radius 2 is 1.85 bits per heavy atom. The molecule has 0 radical (unpaired) electrons. The van der Waals surface area contributed by atoms with Gasteiger partial charge in [-0.2, -0.15) is 0 Å². The summed E-state index contributed by atoms with van der Waals surface area (Å²) >= 11 is 3.67. The summed E-state index contributed by atoms with van der Waals surface area (Å²) in [6.45, 7) is 2.15. The van der Waals surface area contributed by atoms with E-state index in [9.17, 15) is 0 Å². The van der Waals surface area contributed by atoms with Crippen molar-refractivity contribution in [3.63, 3.8) is 0 Å². The number of hydrogen-bond donors (Lipinski definition) is 1. The van der Waals surface area contributed by atoms with Gasteiger partial charge in [-0.3, -0.25) is 0 Å². The molecule has 1 atom stereocenters. The van der Waals surface area contributed by atoms with Crippen molar-refractivity contribution in [3.05, 3.63) is 69.7 Å². The van der Waals surface area contributed by atoms with E-state index in [2.05, 4.69) is 76.7 Å². The van der Waals surface area contributed by atoms with Crippen LogP contribution in [-0.2, 0) is 6.42 Å². The van der Waals surface area contributed by atoms with Gasteiger partial charge in [-0.05, 0) is 50.4 Å². The number of rotatable bonds is 6. The van der Waals surface area contributed by atoms with Crippen LogP contribution < -0.4 is 5.32 Å². The number of aryl methyl sites for hydroxylation is 2. The van der Waals surface area contributed by atoms with Crippen molar-refractivity contribution in [2.45, 2.75) is 32.2 Å². The fourth-order valence-corrected chi connectivity index (χ4v) is 3.06. The zero-order valence-corrected chi connectivity index (χ0v) is 13.8. The Hall–Kier alpha value is -1.12. The fourth-order valence-electron chi connectivity index (χ4n) is 2.54. The molecular formula is C18H22BrN. The lowest BCUT2D eigenvalue weighted by Gasteiger charge is -2.19. The van der Waals surface area contributed by atoms with Crippen LogP contribution in [0.3, 0.4) is 0 Å². The van der Waals surface area contributed by atoms with Crippen molar-refractivity contribution in [3.8, 4) is 0 Å². The molecule has 1 nitrogen and oxygen atoms in total. The third-order valence-corrected chi connectivity index (χ3v) is 4.40. The van der Waals surface area contributed by atoms with Crippen molar-refractivity contribution in [1.29, 1.82) is 0 Å². The Morgan fingerprint density at radius 1 is 1.10 bits per heavy atom. The highest BCUT2D eigenvalue weighted by molar-refractivity contribution is 9.10. The van der Waals surface area contributed by atoms with E-state index >= 15 is 0 Å². The predicted octanol–water partition coefficient (Wildman–Crippen LogP) is 5.04. The fraction of sp³-hybridized carbons (Fsp3) is 0.333. The molecule has 0 amide bonds. The van der Waals surface area contributed by atoms with Gasteiger partial charge in [0.15, 0.2) is 0 Å². The van der Waals surface area contributed by atoms with Crippen LogP contribution in [0.25, 0.3) is 0 Å². The maximum atomic E-state index is 3.67. The first-order valence-corrected chi connectivity index (χ1v) is 7.97. The summed E-state index contributed by atoms with van der Waals surface area (Å²) in [5.41, 5.74) is 4.10. The van der Waals surface area contributed by atoms with Crippen molar-refractivity contribution in [2.24, 2.45) is 0 Å². The standard InChI is InChI=1S/C18H22BrN/c1-14-11-12-17(19)16(13-14)18(20-2)10-6-9-15-7-4-3-5-8-15/h3-5,7-8,11-13,18,20H,6,9-10H2,1-2H3. The van der Waals surface area contributed by atoms with E-state index in [0.717, 1.165) is 12.8 Å². The molecule has 106 valence electrons. The summed E-state index contributed by atoms with van der Waals surface area (Å²) in [6.07, 6.45) is 3.48. The molecule has 1 N–H and O–H groups in total. The summed E-state index contributed by atoms with van der Waals surface area (Å²) in [4.78, 5) is 0. The molecule has 0 aliphatic carbocycles. The van der Waals surface area contributed by atoms with Gasteiger partial charge in [-0.1, -0.05) is 64.0 Å². The molecule has 0 saturated heterocycles. The Bertz CT molecular complexity index is 536. The van der Waals surface area contributed by atoms with Crippen molar-refractivity contribution >= 4 is 15.9 Å². The maximum Gasteiger partial charge on any atom is 0.0328 e. The van der Waals surface area contributed by atoms with Crippen LogP contribution in [0.4, 0.5) is 0 Å². The quantitative estimate of drug-likeness (QED) is 0.781. The molecule has 0 bridgehead atoms. The van der Waals surface area contributed by atoms with Gasteiger partial charge < -0.3 is 5.32 Å². The van der Waals surface area contributed by atoms with Crippen LogP contribution in [-0.4, -0.2) is 7.05 Å². The molecule has 1 unspecified atom stereocenters. The van der Waals surface area contributed by atoms with E-state index in [-0.39, 0.29) is 0 Å². The monoisotopic (exact) mass is 331 g/mol. The van der Waals surface area contributed by atoms with E-state index in [1.54, 1.807) is 0 Å². The molecule has 0 aliphatic rings. The van der Waals surface area contributed by atoms with Crippen LogP contribution in [0.5, 0.6) is 0 Å². The second-order valence-corrected chi connectivity index (χ2v) is 6.10. The van der Waals surface area contributed by atoms with Crippen molar-refractivity contribution < 1.29 is 0 Å². The zero-order valence-electron chi connectivity index (χ0n) is 12.2. The van der Waals surface area contributed by atoms with Crippen molar-refractivity contribution in [1.82, 2.24) is 5.32 Å². The van der Waals surface area contributed by atoms with Crippen LogP contribution in [0, 0.1) is 6.92 Å². The number of halogens is 1. The van der Waals surface area contributed by atoms with Crippen LogP contribution in [0.1, 0.15) is 35.6 Å². The smallest absolute Gasteiger partial charge is 0.0328 e. The maximum absolute atomic E-state index is 3.67. The normalized spacial score (nSPS) is 12.3. The third kappa shape index (κ3) is 4.19. The predicted molar refractivity (Wildman–Crippen MR) is 90.1 cm³/mol. The van der Waals surface area contributed by atoms with Crippen LogP contribution >= 0.6 is 15.9 Å². The van der Waals surface area contributed by atoms with E-state index in [4.69, 9.17) is 0 Å². The number of hydrogen-bond acceptors (Lipinski definition) is 1. The highest BCUT2D eigenvalue weighted by Crippen LogP contribution is 2.27. The molecule has 2 aromatic rings. The summed E-state index contributed by atoms with van der Waals surface area (Å²) in [6, 6.07) is 17.7. The van der Waals surface area contributed by atoms with Gasteiger partial charge in [-0.15, -0.1) is 0 Å². The lowest BCUT2D eigenvalue weighted by Crippen LogP contribution is -2.17. The highest BCUT2D eigenvalue weighted by Gasteiger charge is 2.12. The molecule has 0 aliphatic heterocycles. The average Bonchev–Trinajstić information content (AvgIpc) is 2.48. The first kappa shape index (κ1) is 15.3. The Balaban J connectivity index is 1.97. The zero-order chi connectivity index (χ0) is 14.4. The van der Waals surface area contributed by atoms with E-state index in [1.807, 2.05) is 7.05 Å². The first-order valence-electron chi connectivity index (χ1n) is 7.18. The largest absolute Gasteiger partial charge is 0.313 e. The van der Waals surface area contributed by atoms with Gasteiger partial charge in [0.1, 0.15) is 0 Å².